The van der Waals surface area contributed by atoms with Crippen LogP contribution in [0.3, 0.4) is 0 Å². The van der Waals surface area contributed by atoms with E-state index in [2.05, 4.69) is 5.32 Å². The first kappa shape index (κ1) is 21.5. The molecule has 0 aliphatic carbocycles. The van der Waals surface area contributed by atoms with Gasteiger partial charge in [-0.3, -0.25) is 9.10 Å². The molecule has 1 N–H and O–H groups in total. The lowest BCUT2D eigenvalue weighted by Crippen LogP contribution is -2.41. The van der Waals surface area contributed by atoms with Gasteiger partial charge in [0, 0.05) is 0 Å². The van der Waals surface area contributed by atoms with E-state index in [1.807, 2.05) is 61.5 Å². The molecule has 0 aromatic heterocycles. The van der Waals surface area contributed by atoms with E-state index in [1.165, 1.54) is 12.1 Å². The molecule has 5 nitrogen and oxygen atoms in total. The highest BCUT2D eigenvalue weighted by Gasteiger charge is 2.23. The molecule has 156 valence electrons. The topological polar surface area (TPSA) is 66.5 Å². The second kappa shape index (κ2) is 9.09. The summed E-state index contributed by atoms with van der Waals surface area (Å²) in [6.45, 7) is 1.56. The number of hydrogen-bond donors (Lipinski definition) is 1. The number of amides is 1. The lowest BCUT2D eigenvalue weighted by atomic mass is 9.98. The van der Waals surface area contributed by atoms with Crippen molar-refractivity contribution in [1.82, 2.24) is 5.32 Å². The maximum Gasteiger partial charge on any atom is 0.241 e. The third-order valence-corrected chi connectivity index (χ3v) is 5.79. The van der Waals surface area contributed by atoms with Gasteiger partial charge in [0.2, 0.25) is 15.9 Å². The number of rotatable bonds is 7. The van der Waals surface area contributed by atoms with Crippen LogP contribution < -0.4 is 9.62 Å². The number of nitrogens with zero attached hydrogens (tertiary/aromatic N) is 1. The van der Waals surface area contributed by atoms with Crippen molar-refractivity contribution in [2.24, 2.45) is 0 Å². The van der Waals surface area contributed by atoms with Crippen LogP contribution >= 0.6 is 0 Å². The lowest BCUT2D eigenvalue weighted by Gasteiger charge is -2.25. The minimum atomic E-state index is -3.75. The van der Waals surface area contributed by atoms with Crippen LogP contribution in [0.4, 0.5) is 10.1 Å². The van der Waals surface area contributed by atoms with Gasteiger partial charge in [-0.05, 0) is 42.3 Å². The summed E-state index contributed by atoms with van der Waals surface area (Å²) in [6.07, 6.45) is 1.01. The summed E-state index contributed by atoms with van der Waals surface area (Å²) in [5.41, 5.74) is 3.08. The van der Waals surface area contributed by atoms with E-state index >= 15 is 0 Å². The zero-order valence-electron chi connectivity index (χ0n) is 16.7. The molecular formula is C23H23FN2O3S. The van der Waals surface area contributed by atoms with Crippen molar-refractivity contribution in [3.63, 3.8) is 0 Å². The summed E-state index contributed by atoms with van der Waals surface area (Å²) < 4.78 is 38.7. The molecule has 0 saturated heterocycles. The minimum absolute atomic E-state index is 0.223. The molecule has 30 heavy (non-hydrogen) atoms. The van der Waals surface area contributed by atoms with Crippen molar-refractivity contribution in [1.29, 1.82) is 0 Å². The Kier molecular flexibility index (Phi) is 6.52. The molecule has 0 radical (unpaired) electrons. The van der Waals surface area contributed by atoms with Crippen molar-refractivity contribution in [3.05, 3.63) is 101 Å². The normalized spacial score (nSPS) is 12.2. The predicted molar refractivity (Wildman–Crippen MR) is 116 cm³/mol. The van der Waals surface area contributed by atoms with E-state index in [0.29, 0.717) is 0 Å². The van der Waals surface area contributed by atoms with Crippen LogP contribution in [0.15, 0.2) is 78.9 Å². The maximum absolute atomic E-state index is 13.2. The van der Waals surface area contributed by atoms with Crippen LogP contribution in [0.5, 0.6) is 0 Å². The zero-order valence-corrected chi connectivity index (χ0v) is 17.6. The first-order valence-electron chi connectivity index (χ1n) is 9.38. The van der Waals surface area contributed by atoms with E-state index in [-0.39, 0.29) is 5.69 Å². The average molecular weight is 427 g/mol. The maximum atomic E-state index is 13.2. The molecule has 0 aliphatic heterocycles. The van der Waals surface area contributed by atoms with E-state index in [4.69, 9.17) is 0 Å². The van der Waals surface area contributed by atoms with Gasteiger partial charge in [-0.2, -0.15) is 0 Å². The van der Waals surface area contributed by atoms with E-state index in [9.17, 15) is 17.6 Å². The van der Waals surface area contributed by atoms with Gasteiger partial charge in [-0.15, -0.1) is 0 Å². The Hall–Kier alpha value is -3.19. The summed E-state index contributed by atoms with van der Waals surface area (Å²) >= 11 is 0. The standard InChI is InChI=1S/C23H23FN2O3S/c1-17-8-10-19(11-9-17)23(18-6-4-3-5-7-18)25-22(27)16-26(30(2,28)29)21-14-12-20(24)13-15-21/h3-15,23H,16H2,1-2H3,(H,25,27)/t23-/m1/s1. The fraction of sp³-hybridized carbons (Fsp3) is 0.174. The Morgan fingerprint density at radius 1 is 0.933 bits per heavy atom. The Morgan fingerprint density at radius 2 is 1.50 bits per heavy atom. The van der Waals surface area contributed by atoms with Gasteiger partial charge in [-0.1, -0.05) is 60.2 Å². The van der Waals surface area contributed by atoms with Gasteiger partial charge >= 0.3 is 0 Å². The van der Waals surface area contributed by atoms with Crippen LogP contribution in [0, 0.1) is 12.7 Å². The molecule has 0 heterocycles. The minimum Gasteiger partial charge on any atom is -0.344 e. The van der Waals surface area contributed by atoms with Gasteiger partial charge in [0.05, 0.1) is 18.0 Å². The predicted octanol–water partition coefficient (Wildman–Crippen LogP) is 3.81. The molecule has 0 bridgehead atoms. The number of sulfonamides is 1. The van der Waals surface area contributed by atoms with E-state index < -0.39 is 34.3 Å². The second-order valence-electron chi connectivity index (χ2n) is 7.07. The van der Waals surface area contributed by atoms with Crippen LogP contribution in [-0.4, -0.2) is 27.1 Å². The van der Waals surface area contributed by atoms with Gasteiger partial charge in [0.15, 0.2) is 0 Å². The molecule has 3 aromatic rings. The van der Waals surface area contributed by atoms with Gasteiger partial charge in [0.1, 0.15) is 12.4 Å². The number of nitrogens with one attached hydrogen (secondary N) is 1. The van der Waals surface area contributed by atoms with Crippen molar-refractivity contribution in [2.75, 3.05) is 17.1 Å². The number of halogens is 1. The number of aryl methyl sites for hydroxylation is 1. The molecule has 1 atom stereocenters. The SMILES string of the molecule is Cc1ccc([C@H](NC(=O)CN(c2ccc(F)cc2)S(C)(=O)=O)c2ccccc2)cc1. The highest BCUT2D eigenvalue weighted by atomic mass is 32.2. The van der Waals surface area contributed by atoms with Crippen LogP contribution in [0.2, 0.25) is 0 Å². The fourth-order valence-electron chi connectivity index (χ4n) is 3.11. The average Bonchev–Trinajstić information content (AvgIpc) is 2.72. The Morgan fingerprint density at radius 3 is 2.07 bits per heavy atom. The van der Waals surface area contributed by atoms with Crippen molar-refractivity contribution < 1.29 is 17.6 Å². The smallest absolute Gasteiger partial charge is 0.241 e. The van der Waals surface area contributed by atoms with Crippen LogP contribution in [0.25, 0.3) is 0 Å². The second-order valence-corrected chi connectivity index (χ2v) is 8.97. The first-order chi connectivity index (χ1) is 14.2. The van der Waals surface area contributed by atoms with Crippen molar-refractivity contribution in [2.45, 2.75) is 13.0 Å². The van der Waals surface area contributed by atoms with Gasteiger partial charge < -0.3 is 5.32 Å². The highest BCUT2D eigenvalue weighted by molar-refractivity contribution is 7.92. The van der Waals surface area contributed by atoms with E-state index in [0.717, 1.165) is 39.4 Å². The third kappa shape index (κ3) is 5.45. The van der Waals surface area contributed by atoms with Crippen molar-refractivity contribution >= 4 is 21.6 Å². The quantitative estimate of drug-likeness (QED) is 0.625. The Balaban J connectivity index is 1.87. The monoisotopic (exact) mass is 426 g/mol. The summed E-state index contributed by atoms with van der Waals surface area (Å²) in [5, 5.41) is 2.93. The summed E-state index contributed by atoms with van der Waals surface area (Å²) in [6, 6.07) is 21.8. The van der Waals surface area contributed by atoms with Crippen molar-refractivity contribution in [3.8, 4) is 0 Å². The first-order valence-corrected chi connectivity index (χ1v) is 11.2. The summed E-state index contributed by atoms with van der Waals surface area (Å²) in [5.74, 6) is -0.959. The highest BCUT2D eigenvalue weighted by Crippen LogP contribution is 2.23. The molecule has 0 spiro atoms. The molecule has 0 fully saturated rings. The van der Waals surface area contributed by atoms with Crippen LogP contribution in [-0.2, 0) is 14.8 Å². The van der Waals surface area contributed by atoms with Crippen LogP contribution in [0.1, 0.15) is 22.7 Å². The zero-order chi connectivity index (χ0) is 21.7. The number of hydrogen-bond acceptors (Lipinski definition) is 3. The lowest BCUT2D eigenvalue weighted by molar-refractivity contribution is -0.120. The number of carbonyl (C=O) groups excluding carboxylic acids is 1. The fourth-order valence-corrected chi connectivity index (χ4v) is 3.96. The third-order valence-electron chi connectivity index (χ3n) is 4.65. The summed E-state index contributed by atoms with van der Waals surface area (Å²) in [7, 11) is -3.75. The Bertz CT molecular complexity index is 1100. The summed E-state index contributed by atoms with van der Waals surface area (Å²) in [4.78, 5) is 12.9. The van der Waals surface area contributed by atoms with Gasteiger partial charge in [0.25, 0.3) is 0 Å². The molecule has 7 heteroatoms. The largest absolute Gasteiger partial charge is 0.344 e. The number of benzene rings is 3. The molecule has 3 aromatic carbocycles. The molecular weight excluding hydrogens is 403 g/mol. The molecule has 0 saturated carbocycles. The molecule has 0 unspecified atom stereocenters. The number of anilines is 1. The molecule has 3 rings (SSSR count). The van der Waals surface area contributed by atoms with E-state index in [1.54, 1.807) is 0 Å². The number of carbonyl (C=O) groups is 1. The Labute approximate surface area is 176 Å². The van der Waals surface area contributed by atoms with Gasteiger partial charge in [-0.25, -0.2) is 12.8 Å². The molecule has 0 aliphatic rings. The molecule has 1 amide bonds.